The number of carbonyl (C=O) groups excluding carboxylic acids is 2. The molecule has 0 bridgehead atoms. The summed E-state index contributed by atoms with van der Waals surface area (Å²) in [4.78, 5) is 31.6. The van der Waals surface area contributed by atoms with Gasteiger partial charge < -0.3 is 19.8 Å². The van der Waals surface area contributed by atoms with Crippen molar-refractivity contribution in [3.8, 4) is 11.3 Å². The smallest absolute Gasteiger partial charge is 0.411 e. The van der Waals surface area contributed by atoms with Gasteiger partial charge in [0.25, 0.3) is 0 Å². The number of nitrogens with one attached hydrogen (secondary N) is 3. The number of anilines is 1. The molecule has 0 radical (unpaired) electrons. The number of benzene rings is 2. The highest BCUT2D eigenvalue weighted by Crippen LogP contribution is 2.23. The van der Waals surface area contributed by atoms with Crippen LogP contribution in [0.4, 0.5) is 15.3 Å². The number of rotatable bonds is 6. The number of carbonyl (C=O) groups is 2. The normalized spacial score (nSPS) is 12.0. The molecule has 3 N–H and O–H groups in total. The fourth-order valence-electron chi connectivity index (χ4n) is 3.09. The highest BCUT2D eigenvalue weighted by Gasteiger charge is 2.22. The molecule has 0 spiro atoms. The molecule has 2 aromatic carbocycles. The summed E-state index contributed by atoms with van der Waals surface area (Å²) < 4.78 is 10.0. The van der Waals surface area contributed by atoms with Crippen molar-refractivity contribution in [3.05, 3.63) is 72.2 Å². The molecule has 32 heavy (non-hydrogen) atoms. The molecule has 0 aliphatic carbocycles. The second-order valence-electron chi connectivity index (χ2n) is 8.24. The van der Waals surface area contributed by atoms with Gasteiger partial charge in [-0.05, 0) is 38.5 Å². The van der Waals surface area contributed by atoms with E-state index in [-0.39, 0.29) is 6.04 Å². The molecule has 0 saturated carbocycles. The lowest BCUT2D eigenvalue weighted by molar-refractivity contribution is 0.0503. The molecule has 8 nitrogen and oxygen atoms in total. The zero-order valence-electron chi connectivity index (χ0n) is 18.6. The van der Waals surface area contributed by atoms with E-state index < -0.39 is 17.8 Å². The van der Waals surface area contributed by atoms with Gasteiger partial charge in [-0.3, -0.25) is 5.32 Å². The van der Waals surface area contributed by atoms with Gasteiger partial charge in [-0.1, -0.05) is 42.5 Å². The summed E-state index contributed by atoms with van der Waals surface area (Å²) in [5.74, 6) is 0.724. The maximum atomic E-state index is 12.4. The van der Waals surface area contributed by atoms with Gasteiger partial charge in [0.05, 0.1) is 18.8 Å². The van der Waals surface area contributed by atoms with E-state index in [9.17, 15) is 9.59 Å². The first-order chi connectivity index (χ1) is 15.2. The van der Waals surface area contributed by atoms with Crippen LogP contribution in [0.3, 0.4) is 0 Å². The molecular weight excluding hydrogens is 408 g/mol. The van der Waals surface area contributed by atoms with Crippen molar-refractivity contribution in [1.29, 1.82) is 0 Å². The fourth-order valence-corrected chi connectivity index (χ4v) is 3.09. The number of alkyl carbamates (subject to hydrolysis) is 1. The Labute approximate surface area is 187 Å². The molecule has 3 aromatic rings. The van der Waals surface area contributed by atoms with Crippen LogP contribution in [-0.2, 0) is 15.9 Å². The van der Waals surface area contributed by atoms with E-state index in [1.165, 1.54) is 7.11 Å². The van der Waals surface area contributed by atoms with E-state index in [4.69, 9.17) is 4.74 Å². The van der Waals surface area contributed by atoms with Gasteiger partial charge in [0.15, 0.2) is 0 Å². The van der Waals surface area contributed by atoms with Crippen LogP contribution in [0, 0.1) is 0 Å². The monoisotopic (exact) mass is 436 g/mol. The number of amides is 2. The first kappa shape index (κ1) is 22.9. The Morgan fingerprint density at radius 1 is 1.03 bits per heavy atom. The lowest BCUT2D eigenvalue weighted by atomic mass is 10.0. The minimum Gasteiger partial charge on any atom is -0.453 e. The van der Waals surface area contributed by atoms with Crippen molar-refractivity contribution in [3.63, 3.8) is 0 Å². The van der Waals surface area contributed by atoms with Crippen LogP contribution in [-0.4, -0.2) is 34.9 Å². The van der Waals surface area contributed by atoms with Crippen LogP contribution in [0.2, 0.25) is 0 Å². The van der Waals surface area contributed by atoms with Gasteiger partial charge in [-0.2, -0.15) is 0 Å². The van der Waals surface area contributed by atoms with Crippen LogP contribution in [0.5, 0.6) is 0 Å². The molecule has 0 unspecified atom stereocenters. The van der Waals surface area contributed by atoms with Crippen molar-refractivity contribution in [2.24, 2.45) is 0 Å². The Kier molecular flexibility index (Phi) is 7.14. The second-order valence-corrected chi connectivity index (χ2v) is 8.24. The van der Waals surface area contributed by atoms with Crippen LogP contribution >= 0.6 is 0 Å². The van der Waals surface area contributed by atoms with Crippen LogP contribution in [0.1, 0.15) is 38.2 Å². The minimum absolute atomic E-state index is 0.309. The molecule has 168 valence electrons. The van der Waals surface area contributed by atoms with E-state index in [1.54, 1.807) is 12.1 Å². The first-order valence-electron chi connectivity index (χ1n) is 10.3. The number of nitrogens with zero attached hydrogens (tertiary/aromatic N) is 1. The summed E-state index contributed by atoms with van der Waals surface area (Å²) in [6.07, 6.45) is 1.27. The van der Waals surface area contributed by atoms with Crippen LogP contribution in [0.15, 0.2) is 60.8 Å². The molecular formula is C24H28N4O4. The summed E-state index contributed by atoms with van der Waals surface area (Å²) in [5.41, 5.74) is 2.64. The van der Waals surface area contributed by atoms with E-state index in [1.807, 2.05) is 69.4 Å². The molecule has 2 amide bonds. The number of aromatic nitrogens is 2. The molecule has 0 aliphatic heterocycles. The van der Waals surface area contributed by atoms with Crippen molar-refractivity contribution < 1.29 is 19.1 Å². The highest BCUT2D eigenvalue weighted by atomic mass is 16.6. The Morgan fingerprint density at radius 3 is 2.34 bits per heavy atom. The summed E-state index contributed by atoms with van der Waals surface area (Å²) in [5, 5.41) is 5.56. The SMILES string of the molecule is COC(=O)Nc1ccc(-c2c[nH]c(C[C@H](NC(=O)OC(C)(C)C)c3ccccc3)n2)cc1. The number of imidazole rings is 1. The average Bonchev–Trinajstić information content (AvgIpc) is 3.21. The zero-order valence-corrected chi connectivity index (χ0v) is 18.6. The van der Waals surface area contributed by atoms with Crippen LogP contribution in [0.25, 0.3) is 11.3 Å². The number of methoxy groups -OCH3 is 1. The summed E-state index contributed by atoms with van der Waals surface area (Å²) in [6, 6.07) is 16.7. The largest absolute Gasteiger partial charge is 0.453 e. The van der Waals surface area contributed by atoms with E-state index in [2.05, 4.69) is 25.3 Å². The number of H-pyrrole nitrogens is 1. The molecule has 1 heterocycles. The lowest BCUT2D eigenvalue weighted by Gasteiger charge is -2.23. The third-order valence-electron chi connectivity index (χ3n) is 4.53. The van der Waals surface area contributed by atoms with Gasteiger partial charge >= 0.3 is 12.2 Å². The van der Waals surface area contributed by atoms with Gasteiger partial charge in [0.2, 0.25) is 0 Å². The standard InChI is InChI=1S/C24H28N4O4/c1-24(2,3)32-23(30)28-19(16-8-6-5-7-9-16)14-21-25-15-20(27-21)17-10-12-18(13-11-17)26-22(29)31-4/h5-13,15,19H,14H2,1-4H3,(H,25,27)(H,26,29)(H,28,30)/t19-/m0/s1. The number of hydrogen-bond acceptors (Lipinski definition) is 5. The van der Waals surface area contributed by atoms with Gasteiger partial charge in [-0.25, -0.2) is 14.6 Å². The summed E-state index contributed by atoms with van der Waals surface area (Å²) in [7, 11) is 1.31. The number of hydrogen-bond donors (Lipinski definition) is 3. The molecule has 0 fully saturated rings. The predicted octanol–water partition coefficient (Wildman–Crippen LogP) is 5.06. The molecule has 1 aromatic heterocycles. The molecule has 0 saturated heterocycles. The average molecular weight is 437 g/mol. The maximum Gasteiger partial charge on any atom is 0.411 e. The highest BCUT2D eigenvalue weighted by molar-refractivity contribution is 5.84. The quantitative estimate of drug-likeness (QED) is 0.501. The molecule has 0 aliphatic rings. The minimum atomic E-state index is -0.585. The van der Waals surface area contributed by atoms with Gasteiger partial charge in [0.1, 0.15) is 11.4 Å². The van der Waals surface area contributed by atoms with E-state index in [0.717, 1.165) is 22.6 Å². The maximum absolute atomic E-state index is 12.4. The summed E-state index contributed by atoms with van der Waals surface area (Å²) >= 11 is 0. The Bertz CT molecular complexity index is 1040. The van der Waals surface area contributed by atoms with Crippen molar-refractivity contribution in [1.82, 2.24) is 15.3 Å². The Hall–Kier alpha value is -3.81. The lowest BCUT2D eigenvalue weighted by Crippen LogP contribution is -2.35. The van der Waals surface area contributed by atoms with Gasteiger partial charge in [0, 0.05) is 23.9 Å². The molecule has 1 atom stereocenters. The van der Waals surface area contributed by atoms with Gasteiger partial charge in [-0.15, -0.1) is 0 Å². The van der Waals surface area contributed by atoms with Crippen LogP contribution < -0.4 is 10.6 Å². The summed E-state index contributed by atoms with van der Waals surface area (Å²) in [6.45, 7) is 5.48. The Morgan fingerprint density at radius 2 is 1.72 bits per heavy atom. The van der Waals surface area contributed by atoms with Crippen molar-refractivity contribution >= 4 is 17.9 Å². The molecule has 8 heteroatoms. The Balaban J connectivity index is 1.73. The van der Waals surface area contributed by atoms with E-state index in [0.29, 0.717) is 12.1 Å². The number of ether oxygens (including phenoxy) is 2. The molecule has 3 rings (SSSR count). The van der Waals surface area contributed by atoms with E-state index >= 15 is 0 Å². The first-order valence-corrected chi connectivity index (χ1v) is 10.3. The third kappa shape index (κ3) is 6.60. The third-order valence-corrected chi connectivity index (χ3v) is 4.53. The number of aromatic amines is 1. The zero-order chi connectivity index (χ0) is 23.1. The fraction of sp³-hybridized carbons (Fsp3) is 0.292. The predicted molar refractivity (Wildman–Crippen MR) is 122 cm³/mol. The second kappa shape index (κ2) is 10.00. The van der Waals surface area contributed by atoms with Crippen molar-refractivity contribution in [2.45, 2.75) is 38.8 Å². The van der Waals surface area contributed by atoms with Crippen molar-refractivity contribution in [2.75, 3.05) is 12.4 Å². The topological polar surface area (TPSA) is 105 Å².